The van der Waals surface area contributed by atoms with E-state index >= 15 is 0 Å². The molecule has 3 rings (SSSR count). The summed E-state index contributed by atoms with van der Waals surface area (Å²) in [7, 11) is 0. The van der Waals surface area contributed by atoms with E-state index in [1.165, 1.54) is 12.1 Å². The molecule has 5 nitrogen and oxygen atoms in total. The van der Waals surface area contributed by atoms with Crippen LogP contribution in [0.15, 0.2) is 24.3 Å². The average Bonchev–Trinajstić information content (AvgIpc) is 3.01. The number of nitrogens with one attached hydrogen (secondary N) is 1. The molecule has 0 radical (unpaired) electrons. The van der Waals surface area contributed by atoms with E-state index in [0.29, 0.717) is 12.8 Å². The smallest absolute Gasteiger partial charge is 0.332 e. The minimum atomic E-state index is -1.03. The van der Waals surface area contributed by atoms with E-state index in [2.05, 4.69) is 5.32 Å². The number of carboxylic acids is 1. The van der Waals surface area contributed by atoms with Crippen molar-refractivity contribution >= 4 is 11.9 Å². The van der Waals surface area contributed by atoms with Crippen LogP contribution in [0.25, 0.3) is 0 Å². The monoisotopic (exact) mass is 293 g/mol. The Morgan fingerprint density at radius 3 is 2.71 bits per heavy atom. The topological polar surface area (TPSA) is 75.6 Å². The zero-order chi connectivity index (χ0) is 15.0. The third-order valence-electron chi connectivity index (χ3n) is 3.98. The molecule has 2 aliphatic rings. The predicted octanol–water partition coefficient (Wildman–Crippen LogP) is 1.43. The second-order valence-corrected chi connectivity index (χ2v) is 5.54. The number of ether oxygens (including phenoxy) is 1. The van der Waals surface area contributed by atoms with Gasteiger partial charge in [-0.1, -0.05) is 12.1 Å². The quantitative estimate of drug-likeness (QED) is 0.880. The van der Waals surface area contributed by atoms with Crippen molar-refractivity contribution in [3.8, 4) is 0 Å². The minimum Gasteiger partial charge on any atom is -0.479 e. The fourth-order valence-corrected chi connectivity index (χ4v) is 2.75. The second-order valence-electron chi connectivity index (χ2n) is 5.54. The Bertz CT molecular complexity index is 577. The van der Waals surface area contributed by atoms with Crippen LogP contribution < -0.4 is 5.32 Å². The Labute approximate surface area is 121 Å². The maximum atomic E-state index is 13.1. The number of benzene rings is 1. The summed E-state index contributed by atoms with van der Waals surface area (Å²) < 4.78 is 18.3. The van der Waals surface area contributed by atoms with Crippen molar-refractivity contribution in [2.75, 3.05) is 0 Å². The number of carbonyl (C=O) groups excluding carboxylic acids is 1. The molecule has 1 aromatic carbocycles. The first kappa shape index (κ1) is 14.0. The summed E-state index contributed by atoms with van der Waals surface area (Å²) in [4.78, 5) is 22.8. The largest absolute Gasteiger partial charge is 0.479 e. The summed E-state index contributed by atoms with van der Waals surface area (Å²) in [5.41, 5.74) is 0.871. The number of rotatable bonds is 4. The molecular formula is C15H16FNO4. The zero-order valence-electron chi connectivity index (χ0n) is 11.3. The molecule has 1 saturated heterocycles. The number of hydrogen-bond donors (Lipinski definition) is 2. The highest BCUT2D eigenvalue weighted by Crippen LogP contribution is 2.41. The molecular weight excluding hydrogens is 277 g/mol. The fraction of sp³-hybridized carbons (Fsp3) is 0.467. The average molecular weight is 293 g/mol. The first-order chi connectivity index (χ1) is 10.0. The van der Waals surface area contributed by atoms with E-state index in [9.17, 15) is 14.0 Å². The number of hydrogen-bond acceptors (Lipinski definition) is 3. The summed E-state index contributed by atoms with van der Waals surface area (Å²) in [6.45, 7) is 0. The maximum Gasteiger partial charge on any atom is 0.332 e. The van der Waals surface area contributed by atoms with Gasteiger partial charge in [-0.3, -0.25) is 4.79 Å². The lowest BCUT2D eigenvalue weighted by atomic mass is 10.1. The van der Waals surface area contributed by atoms with Crippen LogP contribution in [0.2, 0.25) is 0 Å². The number of carboxylic acid groups (broad SMARTS) is 1. The zero-order valence-corrected chi connectivity index (χ0v) is 11.3. The summed E-state index contributed by atoms with van der Waals surface area (Å²) in [6.07, 6.45) is -0.0469. The van der Waals surface area contributed by atoms with Gasteiger partial charge in [-0.15, -0.1) is 0 Å². The van der Waals surface area contributed by atoms with E-state index in [-0.39, 0.29) is 23.7 Å². The van der Waals surface area contributed by atoms with Gasteiger partial charge < -0.3 is 15.2 Å². The third-order valence-corrected chi connectivity index (χ3v) is 3.98. The molecule has 0 bridgehead atoms. The fourth-order valence-electron chi connectivity index (χ4n) is 2.75. The number of amides is 1. The summed E-state index contributed by atoms with van der Waals surface area (Å²) in [6, 6.07) is 6.33. The molecule has 2 N–H and O–H groups in total. The highest BCUT2D eigenvalue weighted by Gasteiger charge is 2.42. The normalized spacial score (nSPS) is 30.9. The highest BCUT2D eigenvalue weighted by molar-refractivity contribution is 5.83. The van der Waals surface area contributed by atoms with Gasteiger partial charge >= 0.3 is 5.97 Å². The van der Waals surface area contributed by atoms with Crippen LogP contribution >= 0.6 is 0 Å². The van der Waals surface area contributed by atoms with Crippen molar-refractivity contribution in [1.29, 1.82) is 0 Å². The van der Waals surface area contributed by atoms with Crippen molar-refractivity contribution in [3.05, 3.63) is 35.6 Å². The number of aliphatic carboxylic acids is 1. The van der Waals surface area contributed by atoms with Crippen molar-refractivity contribution in [3.63, 3.8) is 0 Å². The van der Waals surface area contributed by atoms with Crippen LogP contribution in [0.4, 0.5) is 4.39 Å². The van der Waals surface area contributed by atoms with Crippen LogP contribution in [0.5, 0.6) is 0 Å². The molecule has 4 atom stereocenters. The molecule has 1 heterocycles. The third kappa shape index (κ3) is 3.05. The van der Waals surface area contributed by atoms with Crippen LogP contribution in [0.3, 0.4) is 0 Å². The standard InChI is InChI=1S/C15H16FNO4/c16-9-3-1-2-8(6-9)10-7-11(10)17-14(18)12-4-5-13(21-12)15(19)20/h1-3,6,10-13H,4-5,7H2,(H,17,18)(H,19,20)/t10-,11+,12-,13+/m0/s1. The summed E-state index contributed by atoms with van der Waals surface area (Å²) in [5, 5.41) is 11.7. The maximum absolute atomic E-state index is 13.1. The van der Waals surface area contributed by atoms with E-state index < -0.39 is 18.2 Å². The Balaban J connectivity index is 1.52. The lowest BCUT2D eigenvalue weighted by molar-refractivity contribution is -0.151. The summed E-state index contributed by atoms with van der Waals surface area (Å²) >= 11 is 0. The van der Waals surface area contributed by atoms with Crippen molar-refractivity contribution in [2.45, 2.75) is 43.4 Å². The van der Waals surface area contributed by atoms with Crippen LogP contribution in [0.1, 0.15) is 30.7 Å². The predicted molar refractivity (Wildman–Crippen MR) is 71.2 cm³/mol. The van der Waals surface area contributed by atoms with E-state index in [4.69, 9.17) is 9.84 Å². The van der Waals surface area contributed by atoms with E-state index in [1.807, 2.05) is 6.07 Å². The van der Waals surface area contributed by atoms with Crippen molar-refractivity contribution in [2.24, 2.45) is 0 Å². The van der Waals surface area contributed by atoms with Gasteiger partial charge in [0, 0.05) is 12.0 Å². The van der Waals surface area contributed by atoms with Gasteiger partial charge in [0.15, 0.2) is 6.10 Å². The summed E-state index contributed by atoms with van der Waals surface area (Å²) in [5.74, 6) is -1.47. The van der Waals surface area contributed by atoms with Gasteiger partial charge in [-0.25, -0.2) is 9.18 Å². The minimum absolute atomic E-state index is 0.0215. The second kappa shape index (κ2) is 5.44. The van der Waals surface area contributed by atoms with Gasteiger partial charge in [0.2, 0.25) is 5.91 Å². The van der Waals surface area contributed by atoms with Crippen molar-refractivity contribution in [1.82, 2.24) is 5.32 Å². The SMILES string of the molecule is O=C(N[C@@H]1C[C@H]1c1cccc(F)c1)[C@@H]1CC[C@H](C(=O)O)O1. The molecule has 1 aromatic rings. The van der Waals surface area contributed by atoms with Crippen LogP contribution in [-0.2, 0) is 14.3 Å². The molecule has 21 heavy (non-hydrogen) atoms. The molecule has 112 valence electrons. The van der Waals surface area contributed by atoms with Crippen LogP contribution in [0, 0.1) is 5.82 Å². The van der Waals surface area contributed by atoms with Gasteiger partial charge in [-0.05, 0) is 37.0 Å². The van der Waals surface area contributed by atoms with Gasteiger partial charge in [0.05, 0.1) is 0 Å². The number of carbonyl (C=O) groups is 2. The molecule has 0 unspecified atom stereocenters. The Morgan fingerprint density at radius 1 is 1.29 bits per heavy atom. The lowest BCUT2D eigenvalue weighted by Gasteiger charge is -2.11. The Kier molecular flexibility index (Phi) is 3.63. The molecule has 1 saturated carbocycles. The Hall–Kier alpha value is -1.95. The highest BCUT2D eigenvalue weighted by atomic mass is 19.1. The van der Waals surface area contributed by atoms with Gasteiger partial charge in [-0.2, -0.15) is 0 Å². The van der Waals surface area contributed by atoms with E-state index in [0.717, 1.165) is 12.0 Å². The van der Waals surface area contributed by atoms with E-state index in [1.54, 1.807) is 6.07 Å². The molecule has 1 aliphatic heterocycles. The first-order valence-corrected chi connectivity index (χ1v) is 6.98. The molecule has 2 fully saturated rings. The lowest BCUT2D eigenvalue weighted by Crippen LogP contribution is -2.37. The first-order valence-electron chi connectivity index (χ1n) is 6.98. The molecule has 6 heteroatoms. The van der Waals surface area contributed by atoms with Crippen molar-refractivity contribution < 1.29 is 23.8 Å². The van der Waals surface area contributed by atoms with Gasteiger partial charge in [0.25, 0.3) is 0 Å². The molecule has 1 amide bonds. The molecule has 0 spiro atoms. The van der Waals surface area contributed by atoms with Gasteiger partial charge in [0.1, 0.15) is 11.9 Å². The number of halogens is 1. The van der Waals surface area contributed by atoms with Crippen LogP contribution in [-0.4, -0.2) is 35.2 Å². The molecule has 0 aromatic heterocycles. The molecule has 1 aliphatic carbocycles. The Morgan fingerprint density at radius 2 is 2.05 bits per heavy atom.